The summed E-state index contributed by atoms with van der Waals surface area (Å²) in [5.74, 6) is -0.228. The van der Waals surface area contributed by atoms with E-state index in [1.807, 2.05) is 0 Å². The lowest BCUT2D eigenvalue weighted by Gasteiger charge is -2.07. The fourth-order valence-electron chi connectivity index (χ4n) is 1.10. The van der Waals surface area contributed by atoms with Crippen LogP contribution >= 0.6 is 0 Å². The number of amides is 1. The Hall–Kier alpha value is -1.90. The van der Waals surface area contributed by atoms with Gasteiger partial charge in [-0.3, -0.25) is 4.79 Å². The van der Waals surface area contributed by atoms with Crippen molar-refractivity contribution in [1.29, 1.82) is 0 Å². The summed E-state index contributed by atoms with van der Waals surface area (Å²) in [6.45, 7) is 0.630. The Morgan fingerprint density at radius 3 is 2.63 bits per heavy atom. The number of aromatic nitrogens is 2. The van der Waals surface area contributed by atoms with Crippen molar-refractivity contribution in [2.45, 2.75) is 6.18 Å². The molecule has 1 amide bonds. The third-order valence-electron chi connectivity index (χ3n) is 2.01. The molecule has 0 unspecified atom stereocenters. The molecule has 0 aliphatic rings. The number of anilines is 1. The van der Waals surface area contributed by atoms with E-state index in [0.717, 1.165) is 12.1 Å². The molecule has 19 heavy (non-hydrogen) atoms. The molecule has 0 aliphatic carbocycles. The first-order valence-corrected chi connectivity index (χ1v) is 5.34. The van der Waals surface area contributed by atoms with Crippen molar-refractivity contribution >= 4 is 11.7 Å². The summed E-state index contributed by atoms with van der Waals surface area (Å²) >= 11 is 0. The van der Waals surface area contributed by atoms with Crippen LogP contribution in [0.5, 0.6) is 0 Å². The number of methoxy groups -OCH3 is 1. The molecule has 106 valence electrons. The van der Waals surface area contributed by atoms with Gasteiger partial charge in [-0.05, 0) is 12.1 Å². The molecule has 0 aromatic carbocycles. The molecular weight excluding hydrogens is 265 g/mol. The van der Waals surface area contributed by atoms with Crippen molar-refractivity contribution in [3.8, 4) is 0 Å². The van der Waals surface area contributed by atoms with E-state index in [1.54, 1.807) is 0 Å². The number of rotatable bonds is 6. The molecular formula is C10H13F3N4O2. The van der Waals surface area contributed by atoms with E-state index in [1.165, 1.54) is 7.11 Å². The van der Waals surface area contributed by atoms with Crippen LogP contribution < -0.4 is 10.6 Å². The number of alkyl halides is 3. The van der Waals surface area contributed by atoms with Crippen LogP contribution in [0, 0.1) is 0 Å². The van der Waals surface area contributed by atoms with Gasteiger partial charge in [0, 0.05) is 13.7 Å². The second-order valence-electron chi connectivity index (χ2n) is 3.50. The Morgan fingerprint density at radius 1 is 1.37 bits per heavy atom. The first-order valence-electron chi connectivity index (χ1n) is 5.34. The minimum atomic E-state index is -4.52. The van der Waals surface area contributed by atoms with Gasteiger partial charge in [-0.25, -0.2) is 0 Å². The monoisotopic (exact) mass is 278 g/mol. The van der Waals surface area contributed by atoms with Gasteiger partial charge >= 0.3 is 6.18 Å². The molecule has 0 saturated carbocycles. The van der Waals surface area contributed by atoms with Crippen LogP contribution in [-0.2, 0) is 15.7 Å². The van der Waals surface area contributed by atoms with Gasteiger partial charge in [-0.2, -0.15) is 13.2 Å². The SMILES string of the molecule is COCCNC(=O)CNc1ccc(C(F)(F)F)nn1. The van der Waals surface area contributed by atoms with E-state index in [2.05, 4.69) is 20.8 Å². The zero-order valence-electron chi connectivity index (χ0n) is 10.1. The van der Waals surface area contributed by atoms with Gasteiger partial charge in [-0.1, -0.05) is 0 Å². The molecule has 0 radical (unpaired) electrons. The molecule has 9 heteroatoms. The minimum absolute atomic E-state index is 0.0925. The molecule has 0 atom stereocenters. The van der Waals surface area contributed by atoms with Crippen LogP contribution in [-0.4, -0.2) is 42.9 Å². The number of nitrogens with one attached hydrogen (secondary N) is 2. The molecule has 0 bridgehead atoms. The summed E-state index contributed by atoms with van der Waals surface area (Å²) in [5.41, 5.74) is -1.08. The molecule has 1 aromatic rings. The van der Waals surface area contributed by atoms with Crippen LogP contribution in [0.15, 0.2) is 12.1 Å². The quantitative estimate of drug-likeness (QED) is 0.748. The number of ether oxygens (including phenoxy) is 1. The number of halogens is 3. The highest BCUT2D eigenvalue weighted by molar-refractivity contribution is 5.80. The number of nitrogens with zero attached hydrogens (tertiary/aromatic N) is 2. The normalized spacial score (nSPS) is 11.2. The van der Waals surface area contributed by atoms with Gasteiger partial charge in [0.1, 0.15) is 5.82 Å². The topological polar surface area (TPSA) is 76.1 Å². The molecule has 2 N–H and O–H groups in total. The molecule has 0 saturated heterocycles. The average Bonchev–Trinajstić information content (AvgIpc) is 2.36. The van der Waals surface area contributed by atoms with Gasteiger partial charge in [0.2, 0.25) is 5.91 Å². The molecule has 1 aromatic heterocycles. The van der Waals surface area contributed by atoms with Crippen LogP contribution in [0.4, 0.5) is 19.0 Å². The highest BCUT2D eigenvalue weighted by atomic mass is 19.4. The Kier molecular flexibility index (Phi) is 5.49. The zero-order chi connectivity index (χ0) is 14.3. The summed E-state index contributed by atoms with van der Waals surface area (Å²) in [7, 11) is 1.50. The van der Waals surface area contributed by atoms with Crippen molar-refractivity contribution in [3.63, 3.8) is 0 Å². The van der Waals surface area contributed by atoms with Crippen molar-refractivity contribution in [3.05, 3.63) is 17.8 Å². The van der Waals surface area contributed by atoms with Crippen molar-refractivity contribution < 1.29 is 22.7 Å². The van der Waals surface area contributed by atoms with Gasteiger partial charge < -0.3 is 15.4 Å². The largest absolute Gasteiger partial charge is 0.435 e. The third kappa shape index (κ3) is 5.51. The number of carbonyl (C=O) groups excluding carboxylic acids is 1. The Bertz CT molecular complexity index is 408. The second-order valence-corrected chi connectivity index (χ2v) is 3.50. The predicted molar refractivity (Wildman–Crippen MR) is 60.4 cm³/mol. The Balaban J connectivity index is 2.40. The van der Waals surface area contributed by atoms with E-state index in [4.69, 9.17) is 4.74 Å². The molecule has 0 spiro atoms. The zero-order valence-corrected chi connectivity index (χ0v) is 10.1. The molecule has 1 heterocycles. The lowest BCUT2D eigenvalue weighted by atomic mass is 10.4. The van der Waals surface area contributed by atoms with Crippen LogP contribution in [0.25, 0.3) is 0 Å². The van der Waals surface area contributed by atoms with Crippen molar-refractivity contribution in [1.82, 2.24) is 15.5 Å². The standard InChI is InChI=1S/C10H13F3N4O2/c1-19-5-4-14-9(18)6-15-8-3-2-7(16-17-8)10(11,12)13/h2-3H,4-6H2,1H3,(H,14,18)(H,15,17). The van der Waals surface area contributed by atoms with Gasteiger partial charge in [0.05, 0.1) is 13.2 Å². The fraction of sp³-hybridized carbons (Fsp3) is 0.500. The number of hydrogen-bond donors (Lipinski definition) is 2. The Labute approximate surface area is 107 Å². The third-order valence-corrected chi connectivity index (χ3v) is 2.01. The van der Waals surface area contributed by atoms with E-state index < -0.39 is 11.9 Å². The first kappa shape index (κ1) is 15.2. The molecule has 6 nitrogen and oxygen atoms in total. The van der Waals surface area contributed by atoms with Gasteiger partial charge in [0.15, 0.2) is 5.69 Å². The highest BCUT2D eigenvalue weighted by Gasteiger charge is 2.32. The second kappa shape index (κ2) is 6.88. The summed E-state index contributed by atoms with van der Waals surface area (Å²) in [6, 6.07) is 1.90. The van der Waals surface area contributed by atoms with E-state index in [-0.39, 0.29) is 18.3 Å². The van der Waals surface area contributed by atoms with Crippen LogP contribution in [0.3, 0.4) is 0 Å². The molecule has 1 rings (SSSR count). The van der Waals surface area contributed by atoms with Crippen molar-refractivity contribution in [2.24, 2.45) is 0 Å². The lowest BCUT2D eigenvalue weighted by Crippen LogP contribution is -2.32. The summed E-state index contributed by atoms with van der Waals surface area (Å²) in [4.78, 5) is 11.3. The summed E-state index contributed by atoms with van der Waals surface area (Å²) in [6.07, 6.45) is -4.52. The van der Waals surface area contributed by atoms with Gasteiger partial charge in [0.25, 0.3) is 0 Å². The summed E-state index contributed by atoms with van der Waals surface area (Å²) < 4.78 is 41.4. The summed E-state index contributed by atoms with van der Waals surface area (Å²) in [5, 5.41) is 11.4. The highest BCUT2D eigenvalue weighted by Crippen LogP contribution is 2.26. The smallest absolute Gasteiger partial charge is 0.383 e. The maximum atomic E-state index is 12.2. The Morgan fingerprint density at radius 2 is 2.11 bits per heavy atom. The maximum Gasteiger partial charge on any atom is 0.435 e. The molecule has 0 fully saturated rings. The lowest BCUT2D eigenvalue weighted by molar-refractivity contribution is -0.141. The van der Waals surface area contributed by atoms with Crippen LogP contribution in [0.1, 0.15) is 5.69 Å². The van der Waals surface area contributed by atoms with E-state index >= 15 is 0 Å². The van der Waals surface area contributed by atoms with Crippen LogP contribution in [0.2, 0.25) is 0 Å². The molecule has 0 aliphatic heterocycles. The average molecular weight is 278 g/mol. The number of carbonyl (C=O) groups is 1. The van der Waals surface area contributed by atoms with E-state index in [0.29, 0.717) is 13.2 Å². The van der Waals surface area contributed by atoms with Crippen molar-refractivity contribution in [2.75, 3.05) is 32.1 Å². The minimum Gasteiger partial charge on any atom is -0.383 e. The first-order chi connectivity index (χ1) is 8.93. The predicted octanol–water partition coefficient (Wildman–Crippen LogP) is 0.670. The number of hydrogen-bond acceptors (Lipinski definition) is 5. The maximum absolute atomic E-state index is 12.2. The van der Waals surface area contributed by atoms with E-state index in [9.17, 15) is 18.0 Å². The fourth-order valence-corrected chi connectivity index (χ4v) is 1.10. The van der Waals surface area contributed by atoms with Gasteiger partial charge in [-0.15, -0.1) is 10.2 Å².